The van der Waals surface area contributed by atoms with E-state index in [1.807, 2.05) is 12.1 Å². The fraction of sp³-hybridized carbons (Fsp3) is 0.562. The molecule has 3 N–H and O–H groups in total. The van der Waals surface area contributed by atoms with Crippen LogP contribution in [0.4, 0.5) is 0 Å². The van der Waals surface area contributed by atoms with Gasteiger partial charge in [-0.25, -0.2) is 0 Å². The largest absolute Gasteiger partial charge is 0.354 e. The summed E-state index contributed by atoms with van der Waals surface area (Å²) in [7, 11) is 0. The number of rotatable bonds is 4. The molecule has 1 aliphatic carbocycles. The molecule has 0 radical (unpaired) electrons. The highest BCUT2D eigenvalue weighted by Gasteiger charge is 2.37. The number of carbonyl (C=O) groups is 1. The molecule has 2 rings (SSSR count). The number of halogens is 3. The molecule has 0 atom stereocenters. The zero-order valence-electron chi connectivity index (χ0n) is 12.9. The van der Waals surface area contributed by atoms with Crippen LogP contribution in [0.25, 0.3) is 0 Å². The smallest absolute Gasteiger partial charge is 0.240 e. The summed E-state index contributed by atoms with van der Waals surface area (Å²) >= 11 is 12.0. The maximum absolute atomic E-state index is 12.3. The van der Waals surface area contributed by atoms with E-state index in [-0.39, 0.29) is 23.7 Å². The lowest BCUT2D eigenvalue weighted by atomic mass is 9.84. The normalized spacial score (nSPS) is 17.0. The standard InChI is InChI=1S/C16H22Cl2N2O.ClH/c1-15(2,11-5-6-12(17)13(18)9-11)10-20-14(21)16(19)7-3-4-8-16;/h5-6,9H,3-4,7-8,10,19H2,1-2H3,(H,20,21);1H. The maximum atomic E-state index is 12.3. The monoisotopic (exact) mass is 364 g/mol. The quantitative estimate of drug-likeness (QED) is 0.844. The summed E-state index contributed by atoms with van der Waals surface area (Å²) in [5.74, 6) is -0.0480. The van der Waals surface area contributed by atoms with Crippen molar-refractivity contribution in [2.75, 3.05) is 6.54 Å². The first kappa shape index (κ1) is 19.6. The third-order valence-electron chi connectivity index (χ3n) is 4.34. The molecule has 0 bridgehead atoms. The molecule has 22 heavy (non-hydrogen) atoms. The summed E-state index contributed by atoms with van der Waals surface area (Å²) in [5, 5.41) is 4.06. The highest BCUT2D eigenvalue weighted by atomic mass is 35.5. The zero-order valence-corrected chi connectivity index (χ0v) is 15.2. The number of carbonyl (C=O) groups excluding carboxylic acids is 1. The fourth-order valence-electron chi connectivity index (χ4n) is 2.73. The lowest BCUT2D eigenvalue weighted by Gasteiger charge is -2.29. The molecular weight excluding hydrogens is 343 g/mol. The molecule has 1 aliphatic rings. The molecule has 1 saturated carbocycles. The molecule has 0 aromatic heterocycles. The SMILES string of the molecule is CC(C)(CNC(=O)C1(N)CCCC1)c1ccc(Cl)c(Cl)c1.Cl. The predicted molar refractivity (Wildman–Crippen MR) is 95.1 cm³/mol. The van der Waals surface area contributed by atoms with Crippen molar-refractivity contribution in [3.63, 3.8) is 0 Å². The van der Waals surface area contributed by atoms with E-state index in [9.17, 15) is 4.79 Å². The van der Waals surface area contributed by atoms with E-state index in [0.29, 0.717) is 16.6 Å². The van der Waals surface area contributed by atoms with Gasteiger partial charge in [-0.05, 0) is 30.5 Å². The number of nitrogens with two attached hydrogens (primary N) is 1. The lowest BCUT2D eigenvalue weighted by Crippen LogP contribution is -2.53. The molecule has 1 aromatic rings. The molecule has 0 heterocycles. The van der Waals surface area contributed by atoms with Gasteiger partial charge in [0.1, 0.15) is 0 Å². The van der Waals surface area contributed by atoms with Gasteiger partial charge in [-0.1, -0.05) is 56.0 Å². The molecule has 0 unspecified atom stereocenters. The van der Waals surface area contributed by atoms with E-state index in [0.717, 1.165) is 31.2 Å². The average molecular weight is 366 g/mol. The van der Waals surface area contributed by atoms with Crippen LogP contribution in [0.3, 0.4) is 0 Å². The molecule has 1 aromatic carbocycles. The van der Waals surface area contributed by atoms with Crippen LogP contribution in [0.2, 0.25) is 10.0 Å². The van der Waals surface area contributed by atoms with E-state index >= 15 is 0 Å². The Morgan fingerprint density at radius 3 is 2.41 bits per heavy atom. The van der Waals surface area contributed by atoms with Gasteiger partial charge in [0.25, 0.3) is 0 Å². The lowest BCUT2D eigenvalue weighted by molar-refractivity contribution is -0.126. The second-order valence-electron chi connectivity index (χ2n) is 6.56. The van der Waals surface area contributed by atoms with Gasteiger partial charge in [0.2, 0.25) is 5.91 Å². The van der Waals surface area contributed by atoms with E-state index in [1.165, 1.54) is 0 Å². The third kappa shape index (κ3) is 4.29. The first-order valence-electron chi connectivity index (χ1n) is 7.27. The number of hydrogen-bond acceptors (Lipinski definition) is 2. The number of amides is 1. The fourth-order valence-corrected chi connectivity index (χ4v) is 3.03. The van der Waals surface area contributed by atoms with Gasteiger partial charge in [-0.2, -0.15) is 0 Å². The Bertz CT molecular complexity index is 540. The van der Waals surface area contributed by atoms with E-state index in [2.05, 4.69) is 19.2 Å². The Morgan fingerprint density at radius 1 is 1.27 bits per heavy atom. The Kier molecular flexibility index (Phi) is 6.58. The van der Waals surface area contributed by atoms with Gasteiger partial charge in [-0.3, -0.25) is 4.79 Å². The molecule has 124 valence electrons. The Labute approximate surface area is 148 Å². The Morgan fingerprint density at radius 2 is 1.86 bits per heavy atom. The minimum atomic E-state index is -0.687. The van der Waals surface area contributed by atoms with Crippen LogP contribution in [0.5, 0.6) is 0 Å². The minimum Gasteiger partial charge on any atom is -0.354 e. The summed E-state index contributed by atoms with van der Waals surface area (Å²) in [6.45, 7) is 4.64. The van der Waals surface area contributed by atoms with Crippen molar-refractivity contribution in [3.05, 3.63) is 33.8 Å². The van der Waals surface area contributed by atoms with Crippen molar-refractivity contribution in [1.29, 1.82) is 0 Å². The number of hydrogen-bond donors (Lipinski definition) is 2. The topological polar surface area (TPSA) is 55.1 Å². The van der Waals surface area contributed by atoms with Gasteiger partial charge in [0.15, 0.2) is 0 Å². The van der Waals surface area contributed by atoms with Gasteiger partial charge < -0.3 is 11.1 Å². The summed E-state index contributed by atoms with van der Waals surface area (Å²) in [6.07, 6.45) is 3.60. The molecule has 3 nitrogen and oxygen atoms in total. The summed E-state index contributed by atoms with van der Waals surface area (Å²) < 4.78 is 0. The van der Waals surface area contributed by atoms with Crippen LogP contribution >= 0.6 is 35.6 Å². The summed E-state index contributed by atoms with van der Waals surface area (Å²) in [4.78, 5) is 12.3. The van der Waals surface area contributed by atoms with Crippen molar-refractivity contribution in [2.45, 2.75) is 50.5 Å². The molecule has 6 heteroatoms. The van der Waals surface area contributed by atoms with Crippen LogP contribution in [-0.2, 0) is 10.2 Å². The van der Waals surface area contributed by atoms with Crippen molar-refractivity contribution >= 4 is 41.5 Å². The number of benzene rings is 1. The van der Waals surface area contributed by atoms with E-state index in [1.54, 1.807) is 6.07 Å². The highest BCUT2D eigenvalue weighted by molar-refractivity contribution is 6.42. The van der Waals surface area contributed by atoms with Crippen molar-refractivity contribution < 1.29 is 4.79 Å². The average Bonchev–Trinajstić information content (AvgIpc) is 2.87. The summed E-state index contributed by atoms with van der Waals surface area (Å²) in [6, 6.07) is 5.57. The molecule has 0 spiro atoms. The molecular formula is C16H23Cl3N2O. The molecule has 1 fully saturated rings. The minimum absolute atomic E-state index is 0. The van der Waals surface area contributed by atoms with Crippen molar-refractivity contribution in [2.24, 2.45) is 5.73 Å². The molecule has 0 saturated heterocycles. The van der Waals surface area contributed by atoms with Crippen LogP contribution in [0.15, 0.2) is 18.2 Å². The first-order valence-corrected chi connectivity index (χ1v) is 8.03. The zero-order chi connectivity index (χ0) is 15.7. The van der Waals surface area contributed by atoms with Crippen molar-refractivity contribution in [1.82, 2.24) is 5.32 Å². The van der Waals surface area contributed by atoms with Gasteiger partial charge in [0, 0.05) is 12.0 Å². The van der Waals surface area contributed by atoms with Gasteiger partial charge in [-0.15, -0.1) is 12.4 Å². The second-order valence-corrected chi connectivity index (χ2v) is 7.37. The second kappa shape index (κ2) is 7.39. The van der Waals surface area contributed by atoms with Crippen molar-refractivity contribution in [3.8, 4) is 0 Å². The van der Waals surface area contributed by atoms with E-state index < -0.39 is 5.54 Å². The van der Waals surface area contributed by atoms with E-state index in [4.69, 9.17) is 28.9 Å². The number of nitrogens with one attached hydrogen (secondary N) is 1. The molecule has 1 amide bonds. The Hall–Kier alpha value is -0.480. The predicted octanol–water partition coefficient (Wildman–Crippen LogP) is 4.08. The summed E-state index contributed by atoms with van der Waals surface area (Å²) in [5.41, 5.74) is 6.28. The first-order chi connectivity index (χ1) is 9.74. The Balaban J connectivity index is 0.00000242. The maximum Gasteiger partial charge on any atom is 0.240 e. The van der Waals surface area contributed by atoms with Gasteiger partial charge >= 0.3 is 0 Å². The van der Waals surface area contributed by atoms with Crippen LogP contribution in [-0.4, -0.2) is 18.0 Å². The highest BCUT2D eigenvalue weighted by Crippen LogP contribution is 2.30. The van der Waals surface area contributed by atoms with Crippen LogP contribution in [0, 0.1) is 0 Å². The van der Waals surface area contributed by atoms with Crippen LogP contribution < -0.4 is 11.1 Å². The molecule has 0 aliphatic heterocycles. The van der Waals surface area contributed by atoms with Crippen LogP contribution in [0.1, 0.15) is 45.1 Å². The van der Waals surface area contributed by atoms with Gasteiger partial charge in [0.05, 0.1) is 15.6 Å². The third-order valence-corrected chi connectivity index (χ3v) is 5.08.